The molecule has 1 saturated heterocycles. The zero-order chi connectivity index (χ0) is 12.1. The van der Waals surface area contributed by atoms with Crippen molar-refractivity contribution in [1.82, 2.24) is 10.6 Å². The van der Waals surface area contributed by atoms with Crippen molar-refractivity contribution in [3.63, 3.8) is 0 Å². The van der Waals surface area contributed by atoms with Crippen molar-refractivity contribution in [1.29, 1.82) is 0 Å². The topological polar surface area (TPSA) is 41.1 Å². The van der Waals surface area contributed by atoms with E-state index in [2.05, 4.69) is 10.6 Å². The highest BCUT2D eigenvalue weighted by Gasteiger charge is 2.14. The van der Waals surface area contributed by atoms with Crippen molar-refractivity contribution in [3.8, 4) is 0 Å². The molecule has 1 aliphatic heterocycles. The van der Waals surface area contributed by atoms with Gasteiger partial charge in [0.25, 0.3) is 0 Å². The van der Waals surface area contributed by atoms with Gasteiger partial charge in [0.05, 0.1) is 6.42 Å². The third kappa shape index (κ3) is 3.82. The molecule has 0 radical (unpaired) electrons. The number of hydrogen-bond acceptors (Lipinski definition) is 2. The first-order valence-electron chi connectivity index (χ1n) is 5.98. The maximum absolute atomic E-state index is 12.9. The molecule has 1 aromatic carbocycles. The van der Waals surface area contributed by atoms with Crippen LogP contribution in [0.4, 0.5) is 4.39 Å². The first-order valence-corrected chi connectivity index (χ1v) is 5.98. The Balaban J connectivity index is 1.76. The van der Waals surface area contributed by atoms with Gasteiger partial charge in [-0.05, 0) is 37.1 Å². The molecule has 1 amide bonds. The highest BCUT2D eigenvalue weighted by atomic mass is 19.1. The number of carbonyl (C=O) groups excluding carboxylic acids is 1. The van der Waals surface area contributed by atoms with E-state index in [0.29, 0.717) is 18.2 Å². The van der Waals surface area contributed by atoms with Gasteiger partial charge in [-0.3, -0.25) is 4.79 Å². The SMILES string of the molecule is O=C(Cc1cccc(F)c1)NCC1CCCN1. The van der Waals surface area contributed by atoms with Crippen molar-refractivity contribution in [2.45, 2.75) is 25.3 Å². The summed E-state index contributed by atoms with van der Waals surface area (Å²) in [6, 6.07) is 6.55. The maximum atomic E-state index is 12.9. The molecule has 1 unspecified atom stereocenters. The van der Waals surface area contributed by atoms with E-state index >= 15 is 0 Å². The minimum absolute atomic E-state index is 0.0516. The summed E-state index contributed by atoms with van der Waals surface area (Å²) in [5, 5.41) is 6.18. The zero-order valence-electron chi connectivity index (χ0n) is 9.71. The summed E-state index contributed by atoms with van der Waals surface area (Å²) in [5.74, 6) is -0.350. The van der Waals surface area contributed by atoms with Gasteiger partial charge in [0.1, 0.15) is 5.82 Å². The summed E-state index contributed by atoms with van der Waals surface area (Å²) >= 11 is 0. The number of halogens is 1. The highest BCUT2D eigenvalue weighted by molar-refractivity contribution is 5.78. The van der Waals surface area contributed by atoms with Crippen LogP contribution in [0.3, 0.4) is 0 Å². The van der Waals surface area contributed by atoms with Gasteiger partial charge in [-0.25, -0.2) is 4.39 Å². The Morgan fingerprint density at radius 2 is 2.41 bits per heavy atom. The molecule has 2 rings (SSSR count). The number of hydrogen-bond donors (Lipinski definition) is 2. The molecule has 0 aliphatic carbocycles. The average Bonchev–Trinajstić information content (AvgIpc) is 2.79. The van der Waals surface area contributed by atoms with Crippen molar-refractivity contribution in [2.75, 3.05) is 13.1 Å². The van der Waals surface area contributed by atoms with Crippen molar-refractivity contribution >= 4 is 5.91 Å². The molecule has 92 valence electrons. The number of rotatable bonds is 4. The molecule has 0 spiro atoms. The minimum atomic E-state index is -0.298. The Morgan fingerprint density at radius 1 is 1.53 bits per heavy atom. The van der Waals surface area contributed by atoms with Crippen molar-refractivity contribution < 1.29 is 9.18 Å². The summed E-state index contributed by atoms with van der Waals surface area (Å²) < 4.78 is 12.9. The molecule has 4 heteroatoms. The molecule has 0 aromatic heterocycles. The monoisotopic (exact) mass is 236 g/mol. The first kappa shape index (κ1) is 12.0. The Kier molecular flexibility index (Phi) is 4.09. The zero-order valence-corrected chi connectivity index (χ0v) is 9.71. The average molecular weight is 236 g/mol. The second kappa shape index (κ2) is 5.77. The fourth-order valence-electron chi connectivity index (χ4n) is 2.06. The van der Waals surface area contributed by atoms with Gasteiger partial charge in [-0.2, -0.15) is 0 Å². The molecule has 17 heavy (non-hydrogen) atoms. The summed E-state index contributed by atoms with van der Waals surface area (Å²) in [7, 11) is 0. The fourth-order valence-corrected chi connectivity index (χ4v) is 2.06. The number of amides is 1. The Bertz CT molecular complexity index is 389. The molecule has 2 N–H and O–H groups in total. The van der Waals surface area contributed by atoms with Gasteiger partial charge in [-0.1, -0.05) is 12.1 Å². The molecule has 1 aromatic rings. The maximum Gasteiger partial charge on any atom is 0.224 e. The minimum Gasteiger partial charge on any atom is -0.354 e. The van der Waals surface area contributed by atoms with Crippen LogP contribution in [0.15, 0.2) is 24.3 Å². The second-order valence-corrected chi connectivity index (χ2v) is 4.40. The summed E-state index contributed by atoms with van der Waals surface area (Å²) in [6.07, 6.45) is 2.52. The smallest absolute Gasteiger partial charge is 0.224 e. The largest absolute Gasteiger partial charge is 0.354 e. The van der Waals surface area contributed by atoms with Crippen LogP contribution < -0.4 is 10.6 Å². The molecule has 1 aliphatic rings. The van der Waals surface area contributed by atoms with Gasteiger partial charge in [0.2, 0.25) is 5.91 Å². The van der Waals surface area contributed by atoms with E-state index in [1.54, 1.807) is 12.1 Å². The van der Waals surface area contributed by atoms with Crippen LogP contribution in [0.1, 0.15) is 18.4 Å². The van der Waals surface area contributed by atoms with Crippen molar-refractivity contribution in [3.05, 3.63) is 35.6 Å². The lowest BCUT2D eigenvalue weighted by Crippen LogP contribution is -2.37. The van der Waals surface area contributed by atoms with E-state index < -0.39 is 0 Å². The van der Waals surface area contributed by atoms with Crippen LogP contribution in [0.5, 0.6) is 0 Å². The van der Waals surface area contributed by atoms with Crippen LogP contribution in [-0.4, -0.2) is 25.0 Å². The summed E-state index contributed by atoms with van der Waals surface area (Å²) in [5.41, 5.74) is 0.710. The van der Waals surface area contributed by atoms with Crippen molar-refractivity contribution in [2.24, 2.45) is 0 Å². The molecular formula is C13H17FN2O. The number of carbonyl (C=O) groups is 1. The lowest BCUT2D eigenvalue weighted by atomic mass is 10.1. The van der Waals surface area contributed by atoms with E-state index in [4.69, 9.17) is 0 Å². The normalized spacial score (nSPS) is 19.2. The van der Waals surface area contributed by atoms with Gasteiger partial charge < -0.3 is 10.6 Å². The lowest BCUT2D eigenvalue weighted by Gasteiger charge is -2.11. The third-order valence-corrected chi connectivity index (χ3v) is 2.96. The fraction of sp³-hybridized carbons (Fsp3) is 0.462. The predicted octanol–water partition coefficient (Wildman–Crippen LogP) is 1.24. The number of nitrogens with one attached hydrogen (secondary N) is 2. The number of benzene rings is 1. The molecule has 3 nitrogen and oxygen atoms in total. The van der Waals surface area contributed by atoms with Crippen LogP contribution in [0.2, 0.25) is 0 Å². The van der Waals surface area contributed by atoms with Crippen LogP contribution in [-0.2, 0) is 11.2 Å². The molecule has 1 fully saturated rings. The van der Waals surface area contributed by atoms with E-state index in [1.165, 1.54) is 18.6 Å². The van der Waals surface area contributed by atoms with Gasteiger partial charge >= 0.3 is 0 Å². The Morgan fingerprint density at radius 3 is 3.12 bits per heavy atom. The molecule has 1 heterocycles. The van der Waals surface area contributed by atoms with Gasteiger partial charge in [0, 0.05) is 12.6 Å². The molecule has 1 atom stereocenters. The van der Waals surface area contributed by atoms with Crippen LogP contribution in [0.25, 0.3) is 0 Å². The quantitative estimate of drug-likeness (QED) is 0.825. The Labute approximate surface area is 100 Å². The second-order valence-electron chi connectivity index (χ2n) is 4.40. The first-order chi connectivity index (χ1) is 8.24. The van der Waals surface area contributed by atoms with Crippen LogP contribution in [0, 0.1) is 5.82 Å². The predicted molar refractivity (Wildman–Crippen MR) is 64.1 cm³/mol. The van der Waals surface area contributed by atoms with Gasteiger partial charge in [0.15, 0.2) is 0 Å². The highest BCUT2D eigenvalue weighted by Crippen LogP contribution is 2.05. The van der Waals surface area contributed by atoms with E-state index in [9.17, 15) is 9.18 Å². The standard InChI is InChI=1S/C13H17FN2O/c14-11-4-1-3-10(7-11)8-13(17)16-9-12-5-2-6-15-12/h1,3-4,7,12,15H,2,5-6,8-9H2,(H,16,17). The van der Waals surface area contributed by atoms with Crippen LogP contribution >= 0.6 is 0 Å². The van der Waals surface area contributed by atoms with Gasteiger partial charge in [-0.15, -0.1) is 0 Å². The summed E-state index contributed by atoms with van der Waals surface area (Å²) in [4.78, 5) is 11.6. The summed E-state index contributed by atoms with van der Waals surface area (Å²) in [6.45, 7) is 1.69. The van der Waals surface area contributed by atoms with E-state index in [1.807, 2.05) is 0 Å². The lowest BCUT2D eigenvalue weighted by molar-refractivity contribution is -0.120. The van der Waals surface area contributed by atoms with E-state index in [-0.39, 0.29) is 18.1 Å². The van der Waals surface area contributed by atoms with E-state index in [0.717, 1.165) is 13.0 Å². The molecule has 0 bridgehead atoms. The third-order valence-electron chi connectivity index (χ3n) is 2.96. The molecular weight excluding hydrogens is 219 g/mol. The Hall–Kier alpha value is -1.42. The molecule has 0 saturated carbocycles.